The van der Waals surface area contributed by atoms with E-state index >= 15 is 0 Å². The number of amides is 3. The van der Waals surface area contributed by atoms with Crippen molar-refractivity contribution < 1.29 is 39.0 Å². The summed E-state index contributed by atoms with van der Waals surface area (Å²) in [4.78, 5) is 78.9. The van der Waals surface area contributed by atoms with Gasteiger partial charge in [0, 0.05) is 36.2 Å². The van der Waals surface area contributed by atoms with Crippen molar-refractivity contribution in [3.8, 4) is 0 Å². The Morgan fingerprint density at radius 3 is 2.48 bits per heavy atom. The zero-order chi connectivity index (χ0) is 29.1. The largest absolute Gasteiger partial charge is 0.477 e. The highest BCUT2D eigenvalue weighted by Gasteiger charge is 2.55. The maximum absolute atomic E-state index is 13.4. The first kappa shape index (κ1) is 28.5. The number of nitrogens with zero attached hydrogens (tertiary/aromatic N) is 1. The summed E-state index contributed by atoms with van der Waals surface area (Å²) < 4.78 is 4.92. The second-order valence-electron chi connectivity index (χ2n) is 8.90. The highest BCUT2D eigenvalue weighted by atomic mass is 32.2. The highest BCUT2D eigenvalue weighted by Crippen LogP contribution is 2.41. The van der Waals surface area contributed by atoms with Gasteiger partial charge in [0.25, 0.3) is 11.8 Å². The number of aromatic amines is 1. The minimum absolute atomic E-state index is 0.0526. The lowest BCUT2D eigenvalue weighted by atomic mass is 10.00. The Morgan fingerprint density at radius 2 is 1.88 bits per heavy atom. The second-order valence-corrected chi connectivity index (χ2v) is 10.0. The van der Waals surface area contributed by atoms with Crippen molar-refractivity contribution >= 4 is 41.4 Å². The molecule has 15 heteroatoms. The molecular formula is C25H25N5O9S. The van der Waals surface area contributed by atoms with Gasteiger partial charge in [0.2, 0.25) is 5.91 Å². The Morgan fingerprint density at radius 1 is 1.18 bits per heavy atom. The number of aliphatic carboxylic acids is 1. The topological polar surface area (TPSA) is 207 Å². The van der Waals surface area contributed by atoms with E-state index in [0.29, 0.717) is 11.3 Å². The molecule has 2 aromatic rings. The van der Waals surface area contributed by atoms with Gasteiger partial charge in [-0.15, -0.1) is 11.8 Å². The van der Waals surface area contributed by atoms with Crippen molar-refractivity contribution in [3.63, 3.8) is 0 Å². The number of carbonyl (C=O) groups excluding carboxylic acids is 4. The van der Waals surface area contributed by atoms with Crippen molar-refractivity contribution in [2.45, 2.75) is 37.5 Å². The van der Waals surface area contributed by atoms with Crippen LogP contribution < -0.4 is 21.5 Å². The van der Waals surface area contributed by atoms with Gasteiger partial charge in [-0.05, 0) is 12.5 Å². The maximum atomic E-state index is 13.4. The summed E-state index contributed by atoms with van der Waals surface area (Å²) >= 11 is 1.08. The number of hydroxylamine groups is 1. The van der Waals surface area contributed by atoms with Gasteiger partial charge < -0.3 is 30.7 Å². The van der Waals surface area contributed by atoms with Gasteiger partial charge >= 0.3 is 11.9 Å². The Kier molecular flexibility index (Phi) is 8.37. The molecule has 0 aliphatic carbocycles. The van der Waals surface area contributed by atoms with Crippen LogP contribution in [0.3, 0.4) is 0 Å². The number of nitrogens with one attached hydrogen (secondary N) is 4. The number of carboxylic acid groups (broad SMARTS) is 1. The summed E-state index contributed by atoms with van der Waals surface area (Å²) in [5.41, 5.74) is 1.35. The number of carbonyl (C=O) groups is 5. The number of aryl methyl sites for hydroxylation is 1. The normalized spacial score (nSPS) is 19.6. The predicted molar refractivity (Wildman–Crippen MR) is 139 cm³/mol. The van der Waals surface area contributed by atoms with Gasteiger partial charge in [0.15, 0.2) is 11.7 Å². The van der Waals surface area contributed by atoms with Crippen LogP contribution in [0.25, 0.3) is 0 Å². The molecule has 0 saturated carbocycles. The lowest BCUT2D eigenvalue weighted by molar-refractivity contribution is -0.154. The smallest absolute Gasteiger partial charge is 0.352 e. The SMILES string of the molecule is CC(=O)OC(NO)C1=C(C(=O)O)N2C(=O)[C@H](NC(=O)C(NC(=O)c3c[nH]c(C)cc3=O)c3ccccc3)[C@H]2SC1. The van der Waals surface area contributed by atoms with Gasteiger partial charge in [-0.25, -0.2) is 4.79 Å². The van der Waals surface area contributed by atoms with E-state index in [2.05, 4.69) is 15.6 Å². The zero-order valence-corrected chi connectivity index (χ0v) is 22.0. The van der Waals surface area contributed by atoms with E-state index in [1.54, 1.807) is 42.7 Å². The quantitative estimate of drug-likeness (QED) is 0.100. The van der Waals surface area contributed by atoms with E-state index in [1.807, 2.05) is 0 Å². The van der Waals surface area contributed by atoms with Crippen LogP contribution in [0.2, 0.25) is 0 Å². The van der Waals surface area contributed by atoms with Crippen LogP contribution in [0.4, 0.5) is 0 Å². The first-order valence-corrected chi connectivity index (χ1v) is 12.9. The number of hydrogen-bond donors (Lipinski definition) is 6. The van der Waals surface area contributed by atoms with E-state index in [-0.39, 0.29) is 16.9 Å². The molecule has 0 spiro atoms. The summed E-state index contributed by atoms with van der Waals surface area (Å²) in [5.74, 6) is -4.67. The van der Waals surface area contributed by atoms with Crippen LogP contribution in [0, 0.1) is 6.92 Å². The predicted octanol–water partition coefficient (Wildman–Crippen LogP) is -0.239. The number of H-pyrrole nitrogens is 1. The summed E-state index contributed by atoms with van der Waals surface area (Å²) in [6.45, 7) is 2.72. The minimum atomic E-state index is -1.50. The van der Waals surface area contributed by atoms with Gasteiger partial charge in [-0.1, -0.05) is 30.3 Å². The first-order chi connectivity index (χ1) is 19.0. The first-order valence-electron chi connectivity index (χ1n) is 11.9. The third kappa shape index (κ3) is 5.61. The molecule has 4 atom stereocenters. The molecule has 1 saturated heterocycles. The standard InChI is InChI=1S/C25H25N5O9S/c1-11-8-16(32)14(9-26-11)20(33)27-17(13-6-4-3-5-7-13)21(34)28-18-23(35)30-19(25(36)37)15(10-40-24(18)30)22(29-38)39-12(2)31/h3-9,17-18,22,24,29,38H,10H2,1-2H3,(H,26,32)(H,27,33)(H,28,34)(H,36,37)/t17?,18-,22?,24+/m0/s1. The van der Waals surface area contributed by atoms with Crippen LogP contribution in [0.1, 0.15) is 34.6 Å². The number of aromatic nitrogens is 1. The van der Waals surface area contributed by atoms with E-state index in [9.17, 15) is 39.1 Å². The number of esters is 1. The zero-order valence-electron chi connectivity index (χ0n) is 21.2. The van der Waals surface area contributed by atoms with Crippen LogP contribution in [0.15, 0.2) is 58.7 Å². The molecule has 4 rings (SSSR count). The van der Waals surface area contributed by atoms with Crippen molar-refractivity contribution in [3.05, 3.63) is 80.9 Å². The fourth-order valence-electron chi connectivity index (χ4n) is 4.33. The van der Waals surface area contributed by atoms with Gasteiger partial charge in [-0.2, -0.15) is 5.48 Å². The molecule has 1 aromatic heterocycles. The van der Waals surface area contributed by atoms with Crippen LogP contribution in [0.5, 0.6) is 0 Å². The Hall–Kier alpha value is -4.47. The van der Waals surface area contributed by atoms with Gasteiger partial charge in [-0.3, -0.25) is 28.9 Å². The fourth-order valence-corrected chi connectivity index (χ4v) is 5.70. The number of fused-ring (bicyclic) bond motifs is 1. The number of benzene rings is 1. The molecule has 2 unspecified atom stereocenters. The fraction of sp³-hybridized carbons (Fsp3) is 0.280. The third-order valence-electron chi connectivity index (χ3n) is 6.19. The minimum Gasteiger partial charge on any atom is -0.477 e. The lowest BCUT2D eigenvalue weighted by Crippen LogP contribution is -2.71. The van der Waals surface area contributed by atoms with Crippen LogP contribution in [-0.2, 0) is 23.9 Å². The molecule has 1 fully saturated rings. The summed E-state index contributed by atoms with van der Waals surface area (Å²) in [6, 6.07) is 6.98. The molecule has 40 heavy (non-hydrogen) atoms. The van der Waals surface area contributed by atoms with Crippen LogP contribution in [-0.4, -0.2) is 73.3 Å². The molecule has 210 valence electrons. The summed E-state index contributed by atoms with van der Waals surface area (Å²) in [6.07, 6.45) is -0.262. The number of carboxylic acids is 1. The van der Waals surface area contributed by atoms with Crippen molar-refractivity contribution in [2.75, 3.05) is 5.75 Å². The lowest BCUT2D eigenvalue weighted by Gasteiger charge is -2.50. The molecule has 14 nitrogen and oxygen atoms in total. The molecule has 2 aliphatic rings. The number of rotatable bonds is 9. The number of thioether (sulfide) groups is 1. The number of β-lactam (4-membered cyclic amide) rings is 1. The van der Waals surface area contributed by atoms with Gasteiger partial charge in [0.1, 0.15) is 28.7 Å². The summed E-state index contributed by atoms with van der Waals surface area (Å²) in [5, 5.41) is 23.5. The maximum Gasteiger partial charge on any atom is 0.352 e. The number of hydrogen-bond acceptors (Lipinski definition) is 10. The molecule has 6 N–H and O–H groups in total. The molecule has 0 radical (unpaired) electrons. The molecule has 3 heterocycles. The number of ether oxygens (including phenoxy) is 1. The average molecular weight is 572 g/mol. The van der Waals surface area contributed by atoms with Crippen LogP contribution >= 0.6 is 11.8 Å². The highest BCUT2D eigenvalue weighted by molar-refractivity contribution is 8.00. The second kappa shape index (κ2) is 11.7. The third-order valence-corrected chi connectivity index (χ3v) is 7.49. The van der Waals surface area contributed by atoms with E-state index in [4.69, 9.17) is 4.74 Å². The molecule has 1 aromatic carbocycles. The van der Waals surface area contributed by atoms with Crippen molar-refractivity contribution in [2.24, 2.45) is 0 Å². The monoisotopic (exact) mass is 571 g/mol. The Bertz CT molecular complexity index is 1460. The Labute approximate surface area is 230 Å². The molecule has 2 aliphatic heterocycles. The van der Waals surface area contributed by atoms with Crippen molar-refractivity contribution in [1.29, 1.82) is 0 Å². The van der Waals surface area contributed by atoms with Gasteiger partial charge in [0.05, 0.1) is 0 Å². The summed E-state index contributed by atoms with van der Waals surface area (Å²) in [7, 11) is 0. The van der Waals surface area contributed by atoms with E-state index in [0.717, 1.165) is 23.6 Å². The average Bonchev–Trinajstić information content (AvgIpc) is 2.92. The van der Waals surface area contributed by atoms with Crippen molar-refractivity contribution in [1.82, 2.24) is 26.0 Å². The van der Waals surface area contributed by atoms with E-state index in [1.165, 1.54) is 12.3 Å². The number of pyridine rings is 1. The molecule has 3 amide bonds. The Balaban J connectivity index is 1.57. The van der Waals surface area contributed by atoms with E-state index < -0.39 is 64.5 Å². The molecule has 0 bridgehead atoms. The molecular weight excluding hydrogens is 546 g/mol.